The Morgan fingerprint density at radius 3 is 2.71 bits per heavy atom. The van der Waals surface area contributed by atoms with Crippen molar-refractivity contribution in [2.24, 2.45) is 7.05 Å². The standard InChI is InChI=1S/C11H19N5O/c1-9-10(13)11(15(2)14-9)16(6-4-5-12)7-8-17-3/h4,6-8,13H2,1-3H3. The maximum Gasteiger partial charge on any atom is 0.150 e. The van der Waals surface area contributed by atoms with Gasteiger partial charge in [0.1, 0.15) is 0 Å². The van der Waals surface area contributed by atoms with Crippen molar-refractivity contribution in [3.05, 3.63) is 5.69 Å². The molecule has 1 rings (SSSR count). The topological polar surface area (TPSA) is 80.1 Å². The summed E-state index contributed by atoms with van der Waals surface area (Å²) in [6, 6.07) is 2.14. The molecule has 1 aromatic rings. The quantitative estimate of drug-likeness (QED) is 0.786. The molecule has 94 valence electrons. The maximum absolute atomic E-state index is 8.67. The molecule has 0 saturated carbocycles. The molecule has 1 aromatic heterocycles. The van der Waals surface area contributed by atoms with Gasteiger partial charge in [0.05, 0.1) is 30.5 Å². The number of aryl methyl sites for hydroxylation is 2. The molecule has 0 amide bonds. The van der Waals surface area contributed by atoms with E-state index in [0.29, 0.717) is 31.8 Å². The van der Waals surface area contributed by atoms with E-state index in [0.717, 1.165) is 11.5 Å². The zero-order valence-electron chi connectivity index (χ0n) is 10.6. The van der Waals surface area contributed by atoms with E-state index in [9.17, 15) is 0 Å². The smallest absolute Gasteiger partial charge is 0.150 e. The molecule has 0 bridgehead atoms. The lowest BCUT2D eigenvalue weighted by molar-refractivity contribution is 0.205. The number of nitriles is 1. The van der Waals surface area contributed by atoms with Gasteiger partial charge in [0.25, 0.3) is 0 Å². The van der Waals surface area contributed by atoms with E-state index in [4.69, 9.17) is 15.7 Å². The molecule has 0 fully saturated rings. The number of hydrogen-bond acceptors (Lipinski definition) is 5. The first-order valence-electron chi connectivity index (χ1n) is 5.51. The van der Waals surface area contributed by atoms with Crippen molar-refractivity contribution in [1.82, 2.24) is 9.78 Å². The van der Waals surface area contributed by atoms with E-state index < -0.39 is 0 Å². The SMILES string of the molecule is COCCN(CCC#N)c1c(N)c(C)nn1C. The minimum atomic E-state index is 0.452. The molecule has 0 aliphatic rings. The van der Waals surface area contributed by atoms with E-state index in [-0.39, 0.29) is 0 Å². The number of rotatable bonds is 6. The van der Waals surface area contributed by atoms with Crippen LogP contribution in [0.3, 0.4) is 0 Å². The molecule has 0 aliphatic heterocycles. The normalized spacial score (nSPS) is 10.2. The van der Waals surface area contributed by atoms with Crippen LogP contribution >= 0.6 is 0 Å². The third kappa shape index (κ3) is 3.11. The summed E-state index contributed by atoms with van der Waals surface area (Å²) in [6.45, 7) is 3.79. The Bertz CT molecular complexity index is 407. The minimum Gasteiger partial charge on any atom is -0.394 e. The lowest BCUT2D eigenvalue weighted by Crippen LogP contribution is -2.30. The van der Waals surface area contributed by atoms with Crippen LogP contribution in [-0.4, -0.2) is 36.6 Å². The predicted octanol–water partition coefficient (Wildman–Crippen LogP) is 0.677. The molecule has 1 heterocycles. The van der Waals surface area contributed by atoms with Crippen molar-refractivity contribution in [2.45, 2.75) is 13.3 Å². The molecule has 6 nitrogen and oxygen atoms in total. The Labute approximate surface area is 102 Å². The van der Waals surface area contributed by atoms with Crippen LogP contribution in [0.1, 0.15) is 12.1 Å². The highest BCUT2D eigenvalue weighted by Crippen LogP contribution is 2.25. The number of nitrogens with two attached hydrogens (primary N) is 1. The van der Waals surface area contributed by atoms with Crippen molar-refractivity contribution in [3.8, 4) is 6.07 Å². The van der Waals surface area contributed by atoms with Crippen LogP contribution in [0.15, 0.2) is 0 Å². The molecule has 0 spiro atoms. The first-order chi connectivity index (χ1) is 8.11. The van der Waals surface area contributed by atoms with Crippen LogP contribution in [0.5, 0.6) is 0 Å². The third-order valence-electron chi connectivity index (χ3n) is 2.60. The predicted molar refractivity (Wildman–Crippen MR) is 66.7 cm³/mol. The summed E-state index contributed by atoms with van der Waals surface area (Å²) in [5.74, 6) is 0.856. The molecule has 0 saturated heterocycles. The molecule has 0 radical (unpaired) electrons. The fourth-order valence-corrected chi connectivity index (χ4v) is 1.75. The van der Waals surface area contributed by atoms with Gasteiger partial charge in [-0.15, -0.1) is 0 Å². The molecular weight excluding hydrogens is 218 g/mol. The van der Waals surface area contributed by atoms with Crippen LogP contribution in [0.2, 0.25) is 0 Å². The van der Waals surface area contributed by atoms with Gasteiger partial charge in [0.15, 0.2) is 5.82 Å². The second-order valence-corrected chi connectivity index (χ2v) is 3.83. The van der Waals surface area contributed by atoms with Crippen LogP contribution in [0.25, 0.3) is 0 Å². The summed E-state index contributed by atoms with van der Waals surface area (Å²) in [5.41, 5.74) is 7.47. The largest absolute Gasteiger partial charge is 0.394 e. The van der Waals surface area contributed by atoms with Gasteiger partial charge in [0.2, 0.25) is 0 Å². The van der Waals surface area contributed by atoms with Crippen LogP contribution in [0, 0.1) is 18.3 Å². The Morgan fingerprint density at radius 2 is 2.24 bits per heavy atom. The number of methoxy groups -OCH3 is 1. The number of hydrogen-bond donors (Lipinski definition) is 1. The van der Waals surface area contributed by atoms with E-state index in [1.165, 1.54) is 0 Å². The van der Waals surface area contributed by atoms with Crippen molar-refractivity contribution >= 4 is 11.5 Å². The van der Waals surface area contributed by atoms with Gasteiger partial charge >= 0.3 is 0 Å². The third-order valence-corrected chi connectivity index (χ3v) is 2.60. The maximum atomic E-state index is 8.67. The monoisotopic (exact) mass is 237 g/mol. The summed E-state index contributed by atoms with van der Waals surface area (Å²) in [6.07, 6.45) is 0.452. The number of aromatic nitrogens is 2. The van der Waals surface area contributed by atoms with Crippen LogP contribution < -0.4 is 10.6 Å². The van der Waals surface area contributed by atoms with E-state index in [1.54, 1.807) is 11.8 Å². The Morgan fingerprint density at radius 1 is 1.53 bits per heavy atom. The van der Waals surface area contributed by atoms with Gasteiger partial charge in [-0.3, -0.25) is 4.68 Å². The molecule has 0 aliphatic carbocycles. The van der Waals surface area contributed by atoms with Gasteiger partial charge in [-0.1, -0.05) is 0 Å². The average Bonchev–Trinajstić information content (AvgIpc) is 2.55. The lowest BCUT2D eigenvalue weighted by atomic mass is 10.3. The summed E-state index contributed by atoms with van der Waals surface area (Å²) < 4.78 is 6.81. The highest BCUT2D eigenvalue weighted by Gasteiger charge is 2.16. The molecule has 6 heteroatoms. The lowest BCUT2D eigenvalue weighted by Gasteiger charge is -2.23. The second-order valence-electron chi connectivity index (χ2n) is 3.83. The fraction of sp³-hybridized carbons (Fsp3) is 0.636. The Balaban J connectivity index is 2.91. The van der Waals surface area contributed by atoms with Gasteiger partial charge in [-0.2, -0.15) is 10.4 Å². The summed E-state index contributed by atoms with van der Waals surface area (Å²) in [5, 5.41) is 12.9. The molecular formula is C11H19N5O. The second kappa shape index (κ2) is 6.11. The molecule has 0 unspecified atom stereocenters. The van der Waals surface area contributed by atoms with Gasteiger partial charge in [-0.25, -0.2) is 0 Å². The Hall–Kier alpha value is -1.74. The minimum absolute atomic E-state index is 0.452. The van der Waals surface area contributed by atoms with Crippen LogP contribution in [0.4, 0.5) is 11.5 Å². The van der Waals surface area contributed by atoms with E-state index >= 15 is 0 Å². The van der Waals surface area contributed by atoms with Crippen molar-refractivity contribution in [2.75, 3.05) is 37.4 Å². The highest BCUT2D eigenvalue weighted by atomic mass is 16.5. The van der Waals surface area contributed by atoms with Crippen LogP contribution in [-0.2, 0) is 11.8 Å². The highest BCUT2D eigenvalue weighted by molar-refractivity contribution is 5.66. The molecule has 0 aromatic carbocycles. The van der Waals surface area contributed by atoms with Gasteiger partial charge in [0, 0.05) is 27.2 Å². The van der Waals surface area contributed by atoms with E-state index in [1.807, 2.05) is 18.9 Å². The fourth-order valence-electron chi connectivity index (χ4n) is 1.75. The van der Waals surface area contributed by atoms with Crippen molar-refractivity contribution < 1.29 is 4.74 Å². The van der Waals surface area contributed by atoms with E-state index in [2.05, 4.69) is 11.2 Å². The zero-order valence-corrected chi connectivity index (χ0v) is 10.6. The summed E-state index contributed by atoms with van der Waals surface area (Å²) in [4.78, 5) is 2.03. The van der Waals surface area contributed by atoms with Crippen molar-refractivity contribution in [3.63, 3.8) is 0 Å². The zero-order chi connectivity index (χ0) is 12.8. The first-order valence-corrected chi connectivity index (χ1v) is 5.51. The van der Waals surface area contributed by atoms with Gasteiger partial charge in [-0.05, 0) is 6.92 Å². The Kier molecular flexibility index (Phi) is 4.79. The number of ether oxygens (including phenoxy) is 1. The number of anilines is 2. The molecule has 0 atom stereocenters. The molecule has 17 heavy (non-hydrogen) atoms. The average molecular weight is 237 g/mol. The summed E-state index contributed by atoms with van der Waals surface area (Å²) in [7, 11) is 3.51. The number of nitrogens with zero attached hydrogens (tertiary/aromatic N) is 4. The molecule has 2 N–H and O–H groups in total. The first kappa shape index (κ1) is 13.3. The summed E-state index contributed by atoms with van der Waals surface area (Å²) >= 11 is 0. The van der Waals surface area contributed by atoms with Crippen molar-refractivity contribution in [1.29, 1.82) is 5.26 Å². The van der Waals surface area contributed by atoms with Gasteiger partial charge < -0.3 is 15.4 Å². The number of nitrogen functional groups attached to an aromatic ring is 1.